The van der Waals surface area contributed by atoms with Gasteiger partial charge in [-0.3, -0.25) is 0 Å². The van der Waals surface area contributed by atoms with Gasteiger partial charge in [0.2, 0.25) is 0 Å². The molecule has 0 amide bonds. The predicted molar refractivity (Wildman–Crippen MR) is 108 cm³/mol. The van der Waals surface area contributed by atoms with Gasteiger partial charge in [-0.2, -0.15) is 0 Å². The van der Waals surface area contributed by atoms with E-state index in [0.717, 1.165) is 24.3 Å². The Morgan fingerprint density at radius 1 is 0.926 bits per heavy atom. The predicted octanol–water partition coefficient (Wildman–Crippen LogP) is 5.74. The number of anilines is 1. The summed E-state index contributed by atoms with van der Waals surface area (Å²) in [6.07, 6.45) is 2.03. The van der Waals surface area contributed by atoms with Crippen LogP contribution >= 0.6 is 0 Å². The molecule has 1 N–H and O–H groups in total. The Labute approximate surface area is 160 Å². The first kappa shape index (κ1) is 17.6. The zero-order valence-electron chi connectivity index (χ0n) is 15.7. The first-order chi connectivity index (χ1) is 13.2. The molecule has 0 fully saturated rings. The fourth-order valence-electron chi connectivity index (χ4n) is 4.26. The van der Waals surface area contributed by atoms with Crippen LogP contribution in [0.2, 0.25) is 0 Å². The summed E-state index contributed by atoms with van der Waals surface area (Å²) >= 11 is 0. The smallest absolute Gasteiger partial charge is 0.123 e. The lowest BCUT2D eigenvalue weighted by atomic mass is 9.69. The van der Waals surface area contributed by atoms with Gasteiger partial charge in [0.15, 0.2) is 0 Å². The van der Waals surface area contributed by atoms with Gasteiger partial charge in [-0.05, 0) is 77.4 Å². The summed E-state index contributed by atoms with van der Waals surface area (Å²) in [5, 5.41) is 3.18. The van der Waals surface area contributed by atoms with E-state index in [1.54, 1.807) is 19.2 Å². The van der Waals surface area contributed by atoms with Gasteiger partial charge in [0.1, 0.15) is 11.6 Å². The van der Waals surface area contributed by atoms with Crippen LogP contribution in [-0.2, 0) is 6.42 Å². The van der Waals surface area contributed by atoms with Crippen LogP contribution in [0.4, 0.5) is 10.1 Å². The van der Waals surface area contributed by atoms with E-state index >= 15 is 0 Å². The van der Waals surface area contributed by atoms with Crippen molar-refractivity contribution in [2.75, 3.05) is 19.5 Å². The maximum Gasteiger partial charge on any atom is 0.123 e. The highest BCUT2D eigenvalue weighted by atomic mass is 19.1. The topological polar surface area (TPSA) is 21.3 Å². The van der Waals surface area contributed by atoms with Gasteiger partial charge in [0.05, 0.1) is 7.11 Å². The van der Waals surface area contributed by atoms with Crippen molar-refractivity contribution >= 4 is 5.69 Å². The summed E-state index contributed by atoms with van der Waals surface area (Å²) in [5.41, 5.74) is 6.27. The molecule has 4 rings (SSSR count). The molecular weight excluding hydrogens is 337 g/mol. The van der Waals surface area contributed by atoms with Crippen molar-refractivity contribution < 1.29 is 9.13 Å². The Hall–Kier alpha value is -2.81. The first-order valence-electron chi connectivity index (χ1n) is 9.39. The fourth-order valence-corrected chi connectivity index (χ4v) is 4.26. The average molecular weight is 361 g/mol. The Morgan fingerprint density at radius 2 is 1.63 bits per heavy atom. The monoisotopic (exact) mass is 361 g/mol. The standard InChI is InChI=1S/C24H24FNO/c1-26-20-10-5-17(6-11-20)24-22(16-3-8-19(25)9-4-16)13-7-18-15-21(27-2)12-14-23(18)24/h3-6,8-12,14-15,22,24,26H,7,13H2,1-2H3/t22-,24+/m1/s1. The molecule has 138 valence electrons. The van der Waals surface area contributed by atoms with Gasteiger partial charge in [-0.25, -0.2) is 4.39 Å². The van der Waals surface area contributed by atoms with Crippen LogP contribution in [0.5, 0.6) is 5.75 Å². The number of hydrogen-bond acceptors (Lipinski definition) is 2. The lowest BCUT2D eigenvalue weighted by Crippen LogP contribution is -2.20. The number of hydrogen-bond donors (Lipinski definition) is 1. The molecule has 0 radical (unpaired) electrons. The molecule has 0 bridgehead atoms. The van der Waals surface area contributed by atoms with Crippen molar-refractivity contribution in [2.45, 2.75) is 24.7 Å². The van der Waals surface area contributed by atoms with E-state index in [1.165, 1.54) is 22.3 Å². The van der Waals surface area contributed by atoms with Crippen molar-refractivity contribution in [1.82, 2.24) is 0 Å². The number of halogens is 1. The summed E-state index contributed by atoms with van der Waals surface area (Å²) in [6, 6.07) is 22.0. The van der Waals surface area contributed by atoms with Crippen molar-refractivity contribution in [3.8, 4) is 5.75 Å². The van der Waals surface area contributed by atoms with Gasteiger partial charge in [0, 0.05) is 18.7 Å². The molecule has 3 aromatic rings. The van der Waals surface area contributed by atoms with Crippen molar-refractivity contribution in [3.63, 3.8) is 0 Å². The molecule has 0 aromatic heterocycles. The van der Waals surface area contributed by atoms with Crippen LogP contribution in [0.15, 0.2) is 66.7 Å². The van der Waals surface area contributed by atoms with E-state index in [0.29, 0.717) is 5.92 Å². The van der Waals surface area contributed by atoms with Crippen LogP contribution in [0.1, 0.15) is 40.5 Å². The second-order valence-electron chi connectivity index (χ2n) is 7.11. The first-order valence-corrected chi connectivity index (χ1v) is 9.39. The van der Waals surface area contributed by atoms with Crippen molar-refractivity contribution in [2.24, 2.45) is 0 Å². The number of fused-ring (bicyclic) bond motifs is 1. The normalized spacial score (nSPS) is 18.6. The lowest BCUT2D eigenvalue weighted by Gasteiger charge is -2.35. The van der Waals surface area contributed by atoms with Crippen LogP contribution in [0.3, 0.4) is 0 Å². The summed E-state index contributed by atoms with van der Waals surface area (Å²) < 4.78 is 18.9. The third-order valence-corrected chi connectivity index (χ3v) is 5.67. The van der Waals surface area contributed by atoms with Crippen molar-refractivity contribution in [1.29, 1.82) is 0 Å². The Balaban J connectivity index is 1.81. The van der Waals surface area contributed by atoms with Gasteiger partial charge in [0.25, 0.3) is 0 Å². The SMILES string of the molecule is CNc1ccc([C@@H]2c3ccc(OC)cc3CC[C@@H]2c2ccc(F)cc2)cc1. The van der Waals surface area contributed by atoms with Gasteiger partial charge >= 0.3 is 0 Å². The second kappa shape index (κ2) is 7.43. The highest BCUT2D eigenvalue weighted by Crippen LogP contribution is 2.47. The van der Waals surface area contributed by atoms with E-state index in [1.807, 2.05) is 25.2 Å². The quantitative estimate of drug-likeness (QED) is 0.640. The van der Waals surface area contributed by atoms with Gasteiger partial charge in [-0.15, -0.1) is 0 Å². The summed E-state index contributed by atoms with van der Waals surface area (Å²) in [6.45, 7) is 0. The lowest BCUT2D eigenvalue weighted by molar-refractivity contribution is 0.412. The Morgan fingerprint density at radius 3 is 2.30 bits per heavy atom. The van der Waals surface area contributed by atoms with Gasteiger partial charge < -0.3 is 10.1 Å². The molecule has 2 nitrogen and oxygen atoms in total. The van der Waals surface area contributed by atoms with E-state index in [2.05, 4.69) is 41.7 Å². The Kier molecular flexibility index (Phi) is 4.85. The fraction of sp³-hybridized carbons (Fsp3) is 0.250. The van der Waals surface area contributed by atoms with Crippen LogP contribution < -0.4 is 10.1 Å². The molecule has 3 aromatic carbocycles. The number of rotatable bonds is 4. The highest BCUT2D eigenvalue weighted by Gasteiger charge is 2.32. The van der Waals surface area contributed by atoms with Crippen LogP contribution in [0.25, 0.3) is 0 Å². The molecule has 1 aliphatic rings. The molecule has 2 atom stereocenters. The molecule has 0 saturated heterocycles. The van der Waals surface area contributed by atoms with Crippen molar-refractivity contribution in [3.05, 3.63) is 94.8 Å². The summed E-state index contributed by atoms with van der Waals surface area (Å²) in [4.78, 5) is 0. The minimum Gasteiger partial charge on any atom is -0.497 e. The molecule has 27 heavy (non-hydrogen) atoms. The number of benzene rings is 3. The maximum atomic E-state index is 13.5. The molecule has 1 aliphatic carbocycles. The number of aryl methyl sites for hydroxylation is 1. The molecule has 0 spiro atoms. The second-order valence-corrected chi connectivity index (χ2v) is 7.11. The number of ether oxygens (including phenoxy) is 1. The zero-order chi connectivity index (χ0) is 18.8. The highest BCUT2D eigenvalue weighted by molar-refractivity contribution is 5.51. The van der Waals surface area contributed by atoms with E-state index < -0.39 is 0 Å². The third kappa shape index (κ3) is 3.42. The van der Waals surface area contributed by atoms with E-state index in [4.69, 9.17) is 4.74 Å². The number of methoxy groups -OCH3 is 1. The maximum absolute atomic E-state index is 13.5. The molecule has 3 heteroatoms. The molecule has 0 unspecified atom stereocenters. The van der Waals surface area contributed by atoms with E-state index in [-0.39, 0.29) is 11.7 Å². The molecule has 0 saturated carbocycles. The largest absolute Gasteiger partial charge is 0.497 e. The zero-order valence-corrected chi connectivity index (χ0v) is 15.7. The van der Waals surface area contributed by atoms with Crippen LogP contribution in [0, 0.1) is 5.82 Å². The third-order valence-electron chi connectivity index (χ3n) is 5.67. The molecular formula is C24H24FNO. The van der Waals surface area contributed by atoms with Gasteiger partial charge in [-0.1, -0.05) is 30.3 Å². The minimum atomic E-state index is -0.186. The minimum absolute atomic E-state index is 0.186. The Bertz CT molecular complexity index is 918. The summed E-state index contributed by atoms with van der Waals surface area (Å²) in [7, 11) is 3.64. The van der Waals surface area contributed by atoms with Crippen LogP contribution in [-0.4, -0.2) is 14.2 Å². The molecule has 0 aliphatic heterocycles. The summed E-state index contributed by atoms with van der Waals surface area (Å²) in [5.74, 6) is 1.29. The molecule has 0 heterocycles. The number of nitrogens with one attached hydrogen (secondary N) is 1. The van der Waals surface area contributed by atoms with E-state index in [9.17, 15) is 4.39 Å². The average Bonchev–Trinajstić information content (AvgIpc) is 2.73.